The van der Waals surface area contributed by atoms with Crippen molar-refractivity contribution in [3.63, 3.8) is 0 Å². The molecule has 1 unspecified atom stereocenters. The van der Waals surface area contributed by atoms with Gasteiger partial charge in [-0.15, -0.1) is 0 Å². The number of anilines is 1. The predicted molar refractivity (Wildman–Crippen MR) is 87.3 cm³/mol. The quantitative estimate of drug-likeness (QED) is 0.913. The van der Waals surface area contributed by atoms with Gasteiger partial charge in [0.05, 0.1) is 10.7 Å². The second-order valence-corrected chi connectivity index (χ2v) is 8.63. The van der Waals surface area contributed by atoms with E-state index < -0.39 is 15.2 Å². The second-order valence-electron chi connectivity index (χ2n) is 4.63. The molecule has 1 aromatic carbocycles. The van der Waals surface area contributed by atoms with Gasteiger partial charge in [-0.25, -0.2) is 8.42 Å². The molecule has 0 aliphatic carbocycles. The van der Waals surface area contributed by atoms with E-state index in [4.69, 9.17) is 17.3 Å². The molecule has 0 bridgehead atoms. The second kappa shape index (κ2) is 6.56. The number of para-hydroxylation sites is 1. The maximum atomic E-state index is 12.3. The smallest absolute Gasteiger partial charge is 0.171 e. The van der Waals surface area contributed by atoms with Crippen molar-refractivity contribution in [1.82, 2.24) is 0 Å². The SMILES string of the molecule is CCS(=O)(=O)C1CSCCN1c1c(Cl)cccc1CN. The Morgan fingerprint density at radius 2 is 2.25 bits per heavy atom. The maximum absolute atomic E-state index is 12.3. The molecule has 2 rings (SSSR count). The summed E-state index contributed by atoms with van der Waals surface area (Å²) in [5.74, 6) is 1.60. The average molecular weight is 335 g/mol. The van der Waals surface area contributed by atoms with Crippen molar-refractivity contribution in [2.45, 2.75) is 18.8 Å². The molecule has 0 amide bonds. The first kappa shape index (κ1) is 15.9. The van der Waals surface area contributed by atoms with E-state index in [1.807, 2.05) is 17.0 Å². The number of nitrogens with zero attached hydrogens (tertiary/aromatic N) is 1. The summed E-state index contributed by atoms with van der Waals surface area (Å²) in [6.07, 6.45) is 0. The summed E-state index contributed by atoms with van der Waals surface area (Å²) < 4.78 is 24.6. The number of hydrogen-bond donors (Lipinski definition) is 1. The van der Waals surface area contributed by atoms with Gasteiger partial charge in [0.15, 0.2) is 9.84 Å². The molecule has 0 aromatic heterocycles. The lowest BCUT2D eigenvalue weighted by molar-refractivity contribution is 0.579. The number of benzene rings is 1. The van der Waals surface area contributed by atoms with Crippen LogP contribution < -0.4 is 10.6 Å². The number of rotatable bonds is 4. The van der Waals surface area contributed by atoms with Gasteiger partial charge in [-0.2, -0.15) is 11.8 Å². The number of hydrogen-bond acceptors (Lipinski definition) is 5. The van der Waals surface area contributed by atoms with Crippen molar-refractivity contribution in [2.75, 3.05) is 28.7 Å². The molecular weight excluding hydrogens is 316 g/mol. The predicted octanol–water partition coefficient (Wildman–Crippen LogP) is 2.11. The van der Waals surface area contributed by atoms with Crippen molar-refractivity contribution in [2.24, 2.45) is 5.73 Å². The highest BCUT2D eigenvalue weighted by molar-refractivity contribution is 8.01. The lowest BCUT2D eigenvalue weighted by atomic mass is 10.1. The minimum Gasteiger partial charge on any atom is -0.352 e. The molecule has 4 nitrogen and oxygen atoms in total. The van der Waals surface area contributed by atoms with Crippen molar-refractivity contribution in [3.05, 3.63) is 28.8 Å². The van der Waals surface area contributed by atoms with Crippen LogP contribution in [0.3, 0.4) is 0 Å². The van der Waals surface area contributed by atoms with Crippen LogP contribution in [0.5, 0.6) is 0 Å². The molecule has 2 N–H and O–H groups in total. The van der Waals surface area contributed by atoms with Crippen LogP contribution in [0.15, 0.2) is 18.2 Å². The van der Waals surface area contributed by atoms with Crippen molar-refractivity contribution in [3.8, 4) is 0 Å². The zero-order chi connectivity index (χ0) is 14.8. The van der Waals surface area contributed by atoms with Gasteiger partial charge in [0, 0.05) is 30.3 Å². The van der Waals surface area contributed by atoms with Crippen molar-refractivity contribution >= 4 is 38.9 Å². The van der Waals surface area contributed by atoms with Gasteiger partial charge >= 0.3 is 0 Å². The van der Waals surface area contributed by atoms with Gasteiger partial charge in [-0.3, -0.25) is 0 Å². The van der Waals surface area contributed by atoms with E-state index in [9.17, 15) is 8.42 Å². The van der Waals surface area contributed by atoms with Crippen LogP contribution in [0, 0.1) is 0 Å². The van der Waals surface area contributed by atoms with Crippen LogP contribution in [0.25, 0.3) is 0 Å². The minimum atomic E-state index is -3.15. The molecule has 0 spiro atoms. The standard InChI is InChI=1S/C13H19ClN2O2S2/c1-2-20(17,18)12-9-19-7-6-16(12)13-10(8-15)4-3-5-11(13)14/h3-5,12H,2,6-9,15H2,1H3. The van der Waals surface area contributed by atoms with E-state index in [1.54, 1.807) is 24.8 Å². The molecular formula is C13H19ClN2O2S2. The summed E-state index contributed by atoms with van der Waals surface area (Å²) in [5.41, 5.74) is 7.44. The monoisotopic (exact) mass is 334 g/mol. The topological polar surface area (TPSA) is 63.4 Å². The Labute approximate surface area is 129 Å². The van der Waals surface area contributed by atoms with Gasteiger partial charge in [-0.1, -0.05) is 30.7 Å². The molecule has 1 atom stereocenters. The number of sulfone groups is 1. The highest BCUT2D eigenvalue weighted by Gasteiger charge is 2.34. The lowest BCUT2D eigenvalue weighted by Gasteiger charge is -2.38. The van der Waals surface area contributed by atoms with Crippen LogP contribution in [0.4, 0.5) is 5.69 Å². The third-order valence-electron chi connectivity index (χ3n) is 3.48. The molecule has 1 aliphatic rings. The van der Waals surface area contributed by atoms with Crippen LogP contribution in [-0.2, 0) is 16.4 Å². The minimum absolute atomic E-state index is 0.136. The summed E-state index contributed by atoms with van der Waals surface area (Å²) in [6, 6.07) is 5.53. The molecule has 112 valence electrons. The number of thioether (sulfide) groups is 1. The summed E-state index contributed by atoms with van der Waals surface area (Å²) >= 11 is 7.97. The van der Waals surface area contributed by atoms with Crippen LogP contribution in [0.1, 0.15) is 12.5 Å². The van der Waals surface area contributed by atoms with Crippen LogP contribution in [0.2, 0.25) is 5.02 Å². The molecule has 1 aliphatic heterocycles. The fourth-order valence-corrected chi connectivity index (χ4v) is 5.65. The number of halogens is 1. The summed E-state index contributed by atoms with van der Waals surface area (Å²) in [6.45, 7) is 2.70. The Kier molecular flexibility index (Phi) is 5.23. The van der Waals surface area contributed by atoms with Crippen molar-refractivity contribution in [1.29, 1.82) is 0 Å². The first-order valence-corrected chi connectivity index (χ1v) is 9.79. The average Bonchev–Trinajstić information content (AvgIpc) is 2.47. The van der Waals surface area contributed by atoms with E-state index in [0.717, 1.165) is 17.0 Å². The molecule has 1 heterocycles. The fourth-order valence-electron chi connectivity index (χ4n) is 2.37. The Hall–Kier alpha value is -0.430. The largest absolute Gasteiger partial charge is 0.352 e. The van der Waals surface area contributed by atoms with Crippen molar-refractivity contribution < 1.29 is 8.42 Å². The van der Waals surface area contributed by atoms with Crippen LogP contribution >= 0.6 is 23.4 Å². The van der Waals surface area contributed by atoms with E-state index in [-0.39, 0.29) is 5.75 Å². The molecule has 1 aromatic rings. The fraction of sp³-hybridized carbons (Fsp3) is 0.538. The van der Waals surface area contributed by atoms with E-state index in [0.29, 0.717) is 23.9 Å². The van der Waals surface area contributed by atoms with E-state index in [2.05, 4.69) is 0 Å². The van der Waals surface area contributed by atoms with Crippen LogP contribution in [-0.4, -0.2) is 37.6 Å². The summed E-state index contributed by atoms with van der Waals surface area (Å²) in [4.78, 5) is 1.92. The van der Waals surface area contributed by atoms with Gasteiger partial charge in [0.1, 0.15) is 5.37 Å². The maximum Gasteiger partial charge on any atom is 0.171 e. The lowest BCUT2D eigenvalue weighted by Crippen LogP contribution is -2.48. The summed E-state index contributed by atoms with van der Waals surface area (Å²) in [5, 5.41) is 0.0487. The zero-order valence-corrected chi connectivity index (χ0v) is 13.8. The van der Waals surface area contributed by atoms with E-state index >= 15 is 0 Å². The first-order chi connectivity index (χ1) is 9.51. The van der Waals surface area contributed by atoms with E-state index in [1.165, 1.54) is 0 Å². The van der Waals surface area contributed by atoms with Gasteiger partial charge in [-0.05, 0) is 11.6 Å². The third kappa shape index (κ3) is 3.08. The summed E-state index contributed by atoms with van der Waals surface area (Å²) in [7, 11) is -3.15. The van der Waals surface area contributed by atoms with Gasteiger partial charge < -0.3 is 10.6 Å². The van der Waals surface area contributed by atoms with Gasteiger partial charge in [0.2, 0.25) is 0 Å². The van der Waals surface area contributed by atoms with Gasteiger partial charge in [0.25, 0.3) is 0 Å². The Morgan fingerprint density at radius 1 is 1.50 bits per heavy atom. The number of nitrogens with two attached hydrogens (primary N) is 1. The molecule has 0 saturated carbocycles. The molecule has 20 heavy (non-hydrogen) atoms. The Bertz CT molecular complexity index is 578. The Balaban J connectivity index is 2.48. The normalized spacial score (nSPS) is 20.1. The third-order valence-corrected chi connectivity index (χ3v) is 7.07. The Morgan fingerprint density at radius 3 is 2.90 bits per heavy atom. The molecule has 7 heteroatoms. The molecule has 1 saturated heterocycles. The first-order valence-electron chi connectivity index (χ1n) is 6.54. The zero-order valence-electron chi connectivity index (χ0n) is 11.4. The molecule has 0 radical (unpaired) electrons. The highest BCUT2D eigenvalue weighted by Crippen LogP contribution is 2.35. The highest BCUT2D eigenvalue weighted by atomic mass is 35.5. The molecule has 1 fully saturated rings.